The maximum absolute atomic E-state index is 12.3. The van der Waals surface area contributed by atoms with E-state index in [1.165, 1.54) is 25.3 Å². The molecule has 0 heterocycles. The van der Waals surface area contributed by atoms with Crippen molar-refractivity contribution in [2.75, 3.05) is 33.4 Å². The monoisotopic (exact) mass is 381 g/mol. The van der Waals surface area contributed by atoms with Crippen LogP contribution in [0.5, 0.6) is 5.75 Å². The number of nitrogens with one attached hydrogen (secondary N) is 2. The Bertz CT molecular complexity index is 691. The fourth-order valence-electron chi connectivity index (χ4n) is 1.99. The van der Waals surface area contributed by atoms with Gasteiger partial charge in [0.05, 0.1) is 20.0 Å². The second kappa shape index (κ2) is 11.5. The van der Waals surface area contributed by atoms with Crippen molar-refractivity contribution in [3.63, 3.8) is 0 Å². The highest BCUT2D eigenvalue weighted by molar-refractivity contribution is 6.00. The van der Waals surface area contributed by atoms with E-state index in [2.05, 4.69) is 15.4 Å². The smallest absolute Gasteiger partial charge is 0.307 e. The molecule has 0 radical (unpaired) electrons. The van der Waals surface area contributed by atoms with Gasteiger partial charge in [-0.25, -0.2) is 0 Å². The molecule has 27 heavy (non-hydrogen) atoms. The summed E-state index contributed by atoms with van der Waals surface area (Å²) in [6, 6.07) is 4.22. The van der Waals surface area contributed by atoms with Gasteiger partial charge in [0.1, 0.15) is 12.4 Å². The van der Waals surface area contributed by atoms with Crippen LogP contribution in [0, 0.1) is 0 Å². The molecule has 0 bridgehead atoms. The second-order valence-electron chi connectivity index (χ2n) is 5.36. The van der Waals surface area contributed by atoms with Gasteiger partial charge in [0.25, 0.3) is 11.8 Å². The maximum Gasteiger partial charge on any atom is 0.307 e. The van der Waals surface area contributed by atoms with Crippen LogP contribution in [0.4, 0.5) is 0 Å². The molecular weight excluding hydrogens is 358 g/mol. The summed E-state index contributed by atoms with van der Waals surface area (Å²) < 4.78 is 9.88. The van der Waals surface area contributed by atoms with Crippen molar-refractivity contribution < 1.29 is 33.8 Å². The Morgan fingerprint density at radius 2 is 1.56 bits per heavy atom. The molecule has 1 rings (SSSR count). The zero-order valence-corrected chi connectivity index (χ0v) is 14.9. The molecule has 5 N–H and O–H groups in total. The lowest BCUT2D eigenvalue weighted by Gasteiger charge is -2.11. The third-order valence-corrected chi connectivity index (χ3v) is 3.28. The number of ether oxygens (including phenoxy) is 2. The van der Waals surface area contributed by atoms with Gasteiger partial charge in [-0.3, -0.25) is 19.2 Å². The van der Waals surface area contributed by atoms with Gasteiger partial charge in [0.2, 0.25) is 0 Å². The number of methoxy groups -OCH3 is 1. The SMILES string of the molecule is COC(=O)CCNC(=O)c1cc(OCCN)cc(C(=O)NCCC(=O)O)c1. The molecule has 0 aliphatic carbocycles. The number of benzene rings is 1. The highest BCUT2D eigenvalue weighted by Crippen LogP contribution is 2.18. The van der Waals surface area contributed by atoms with E-state index in [1.807, 2.05) is 0 Å². The van der Waals surface area contributed by atoms with Gasteiger partial charge in [-0.05, 0) is 18.2 Å². The van der Waals surface area contributed by atoms with Gasteiger partial charge < -0.3 is 30.9 Å². The average Bonchev–Trinajstić information content (AvgIpc) is 2.65. The number of rotatable bonds is 11. The summed E-state index contributed by atoms with van der Waals surface area (Å²) in [5.74, 6) is -2.28. The average molecular weight is 381 g/mol. The van der Waals surface area contributed by atoms with Gasteiger partial charge in [0, 0.05) is 30.8 Å². The highest BCUT2D eigenvalue weighted by Gasteiger charge is 2.14. The Morgan fingerprint density at radius 3 is 2.04 bits per heavy atom. The third kappa shape index (κ3) is 8.19. The minimum atomic E-state index is -1.04. The first-order valence-corrected chi connectivity index (χ1v) is 8.20. The predicted molar refractivity (Wildman–Crippen MR) is 94.5 cm³/mol. The number of amides is 2. The number of aliphatic carboxylic acids is 1. The molecule has 0 saturated carbocycles. The van der Waals surface area contributed by atoms with E-state index in [0.29, 0.717) is 0 Å². The minimum Gasteiger partial charge on any atom is -0.492 e. The molecule has 0 atom stereocenters. The van der Waals surface area contributed by atoms with Crippen molar-refractivity contribution in [3.8, 4) is 5.75 Å². The highest BCUT2D eigenvalue weighted by atomic mass is 16.5. The van der Waals surface area contributed by atoms with Crippen LogP contribution in [-0.2, 0) is 14.3 Å². The fourth-order valence-corrected chi connectivity index (χ4v) is 1.99. The maximum atomic E-state index is 12.3. The van der Waals surface area contributed by atoms with Crippen LogP contribution in [0.1, 0.15) is 33.6 Å². The number of hydrogen-bond donors (Lipinski definition) is 4. The molecule has 2 amide bonds. The Hall–Kier alpha value is -3.14. The van der Waals surface area contributed by atoms with Crippen LogP contribution in [0.25, 0.3) is 0 Å². The Balaban J connectivity index is 2.88. The summed E-state index contributed by atoms with van der Waals surface area (Å²) in [5.41, 5.74) is 5.67. The molecule has 10 heteroatoms. The summed E-state index contributed by atoms with van der Waals surface area (Å²) in [4.78, 5) is 46.1. The lowest BCUT2D eigenvalue weighted by Crippen LogP contribution is -2.28. The number of nitrogens with two attached hydrogens (primary N) is 1. The fraction of sp³-hybridized carbons (Fsp3) is 0.412. The first-order valence-electron chi connectivity index (χ1n) is 8.20. The molecule has 0 aliphatic heterocycles. The van der Waals surface area contributed by atoms with Gasteiger partial charge in [0.15, 0.2) is 0 Å². The van der Waals surface area contributed by atoms with Crippen molar-refractivity contribution in [1.82, 2.24) is 10.6 Å². The standard InChI is InChI=1S/C17H23N3O7/c1-26-15(23)3-6-20-17(25)12-8-11(9-13(10-12)27-7-4-18)16(24)19-5-2-14(21)22/h8-10H,2-7,18H2,1H3,(H,19,24)(H,20,25)(H,21,22). The molecule has 0 saturated heterocycles. The van der Waals surface area contributed by atoms with Crippen LogP contribution in [0.2, 0.25) is 0 Å². The molecule has 10 nitrogen and oxygen atoms in total. The summed E-state index contributed by atoms with van der Waals surface area (Å²) in [6.07, 6.45) is -0.218. The van der Waals surface area contributed by atoms with E-state index < -0.39 is 23.8 Å². The van der Waals surface area contributed by atoms with Crippen molar-refractivity contribution in [1.29, 1.82) is 0 Å². The van der Waals surface area contributed by atoms with E-state index in [4.69, 9.17) is 15.6 Å². The number of carboxylic acid groups (broad SMARTS) is 1. The Kier molecular flexibility index (Phi) is 9.30. The number of carboxylic acids is 1. The van der Waals surface area contributed by atoms with Crippen LogP contribution in [0.3, 0.4) is 0 Å². The van der Waals surface area contributed by atoms with E-state index in [1.54, 1.807) is 0 Å². The van der Waals surface area contributed by atoms with Crippen LogP contribution >= 0.6 is 0 Å². The molecule has 0 unspecified atom stereocenters. The van der Waals surface area contributed by atoms with Crippen LogP contribution < -0.4 is 21.1 Å². The van der Waals surface area contributed by atoms with E-state index in [0.717, 1.165) is 0 Å². The van der Waals surface area contributed by atoms with E-state index in [9.17, 15) is 19.2 Å². The summed E-state index contributed by atoms with van der Waals surface area (Å²) in [6.45, 7) is 0.450. The normalized spacial score (nSPS) is 10.0. The largest absolute Gasteiger partial charge is 0.492 e. The van der Waals surface area contributed by atoms with Crippen molar-refractivity contribution >= 4 is 23.8 Å². The van der Waals surface area contributed by atoms with Gasteiger partial charge in [-0.1, -0.05) is 0 Å². The Morgan fingerprint density at radius 1 is 1.00 bits per heavy atom. The minimum absolute atomic E-state index is 0.00807. The molecule has 0 fully saturated rings. The molecule has 0 spiro atoms. The lowest BCUT2D eigenvalue weighted by molar-refractivity contribution is -0.140. The molecule has 1 aromatic rings. The zero-order valence-electron chi connectivity index (χ0n) is 14.9. The topological polar surface area (TPSA) is 157 Å². The third-order valence-electron chi connectivity index (χ3n) is 3.28. The molecular formula is C17H23N3O7. The number of carbonyl (C=O) groups excluding carboxylic acids is 3. The zero-order chi connectivity index (χ0) is 20.2. The van der Waals surface area contributed by atoms with Crippen molar-refractivity contribution in [2.45, 2.75) is 12.8 Å². The predicted octanol–water partition coefficient (Wildman–Crippen LogP) is -0.478. The number of hydrogen-bond acceptors (Lipinski definition) is 7. The van der Waals surface area contributed by atoms with E-state index in [-0.39, 0.29) is 56.0 Å². The first-order chi connectivity index (χ1) is 12.9. The molecule has 0 aliphatic rings. The summed E-state index contributed by atoms with van der Waals surface area (Å²) in [7, 11) is 1.25. The van der Waals surface area contributed by atoms with Crippen molar-refractivity contribution in [3.05, 3.63) is 29.3 Å². The molecule has 148 valence electrons. The molecule has 0 aromatic heterocycles. The van der Waals surface area contributed by atoms with Crippen LogP contribution in [-0.4, -0.2) is 62.2 Å². The molecule has 1 aromatic carbocycles. The van der Waals surface area contributed by atoms with Crippen LogP contribution in [0.15, 0.2) is 18.2 Å². The first kappa shape index (κ1) is 21.9. The summed E-state index contributed by atoms with van der Waals surface area (Å²) >= 11 is 0. The Labute approximate surface area is 156 Å². The lowest BCUT2D eigenvalue weighted by atomic mass is 10.1. The number of esters is 1. The second-order valence-corrected chi connectivity index (χ2v) is 5.36. The van der Waals surface area contributed by atoms with Gasteiger partial charge in [-0.15, -0.1) is 0 Å². The van der Waals surface area contributed by atoms with Gasteiger partial charge >= 0.3 is 11.9 Å². The quantitative estimate of drug-likeness (QED) is 0.374. The summed E-state index contributed by atoms with van der Waals surface area (Å²) in [5, 5.41) is 13.6. The number of carbonyl (C=O) groups is 4. The van der Waals surface area contributed by atoms with Crippen molar-refractivity contribution in [2.24, 2.45) is 5.73 Å². The van der Waals surface area contributed by atoms with E-state index >= 15 is 0 Å². The van der Waals surface area contributed by atoms with Gasteiger partial charge in [-0.2, -0.15) is 0 Å².